The van der Waals surface area contributed by atoms with Crippen LogP contribution >= 0.6 is 0 Å². The minimum absolute atomic E-state index is 0. The predicted octanol–water partition coefficient (Wildman–Crippen LogP) is 19.5. The first-order chi connectivity index (χ1) is 37.1. The minimum atomic E-state index is -0.102. The molecule has 12 aromatic rings. The third-order valence-electron chi connectivity index (χ3n) is 15.6. The molecule has 0 saturated heterocycles. The van der Waals surface area contributed by atoms with Gasteiger partial charge >= 0.3 is 0 Å². The summed E-state index contributed by atoms with van der Waals surface area (Å²) in [6.07, 6.45) is 1.91. The third kappa shape index (κ3) is 8.79. The van der Waals surface area contributed by atoms with Gasteiger partial charge in [0.2, 0.25) is 0 Å². The molecule has 1 aliphatic rings. The molecule has 13 rings (SSSR count). The molecule has 388 valence electrons. The maximum atomic E-state index is 6.84. The van der Waals surface area contributed by atoms with Crippen LogP contribution in [0.3, 0.4) is 0 Å². The van der Waals surface area contributed by atoms with Gasteiger partial charge in [-0.15, -0.1) is 35.7 Å². The molecule has 0 aliphatic carbocycles. The summed E-state index contributed by atoms with van der Waals surface area (Å²) in [5, 5.41) is 9.30. The Hall–Kier alpha value is -8.11. The second-order valence-electron chi connectivity index (χ2n) is 23.8. The summed E-state index contributed by atoms with van der Waals surface area (Å²) in [6.45, 7) is 22.8. The van der Waals surface area contributed by atoms with Gasteiger partial charge in [-0.3, -0.25) is 0 Å². The van der Waals surface area contributed by atoms with Crippen LogP contribution in [0.2, 0.25) is 0 Å². The van der Waals surface area contributed by atoms with Crippen molar-refractivity contribution >= 4 is 76.5 Å². The number of aromatic nitrogens is 3. The van der Waals surface area contributed by atoms with Crippen LogP contribution in [0.25, 0.3) is 93.2 Å². The van der Waals surface area contributed by atoms with Crippen molar-refractivity contribution in [2.24, 2.45) is 0 Å². The molecular weight excluding hydrogens is 1130 g/mol. The number of pyridine rings is 1. The van der Waals surface area contributed by atoms with Gasteiger partial charge in [0.05, 0.1) is 0 Å². The molecule has 0 N–H and O–H groups in total. The molecule has 0 unspecified atom stereocenters. The van der Waals surface area contributed by atoms with E-state index in [1.165, 1.54) is 49.4 Å². The topological polar surface area (TPSA) is 35.2 Å². The zero-order valence-electron chi connectivity index (χ0n) is 45.6. The van der Waals surface area contributed by atoms with Crippen LogP contribution in [0.4, 0.5) is 11.4 Å². The Morgan fingerprint density at radius 2 is 1.04 bits per heavy atom. The van der Waals surface area contributed by atoms with E-state index >= 15 is 0 Å². The molecule has 5 nitrogen and oxygen atoms in total. The van der Waals surface area contributed by atoms with Crippen LogP contribution in [0.1, 0.15) is 79.0 Å². The number of fused-ring (bicyclic) bond motifs is 10. The zero-order chi connectivity index (χ0) is 53.0. The summed E-state index contributed by atoms with van der Waals surface area (Å²) in [7, 11) is 0. The molecule has 0 spiro atoms. The fourth-order valence-electron chi connectivity index (χ4n) is 11.4. The first-order valence-electron chi connectivity index (χ1n) is 26.8. The molecule has 0 saturated carbocycles. The first-order valence-corrected chi connectivity index (χ1v) is 26.8. The minimum Gasteiger partial charge on any atom is -0.509 e. The molecule has 1 aliphatic heterocycles. The summed E-state index contributed by atoms with van der Waals surface area (Å²) in [5.74, 6) is 2.03. The molecule has 0 fully saturated rings. The fourth-order valence-corrected chi connectivity index (χ4v) is 11.4. The number of nitrogens with zero attached hydrogens (tertiary/aromatic N) is 4. The quantitative estimate of drug-likeness (QED) is 0.156. The molecule has 0 bridgehead atoms. The number of rotatable bonds is 6. The molecule has 4 heterocycles. The Kier molecular flexibility index (Phi) is 12.4. The average Bonchev–Trinajstić information content (AvgIpc) is 4.17. The van der Waals surface area contributed by atoms with Crippen molar-refractivity contribution in [1.82, 2.24) is 14.1 Å². The Morgan fingerprint density at radius 3 is 1.79 bits per heavy atom. The van der Waals surface area contributed by atoms with E-state index < -0.39 is 0 Å². The van der Waals surface area contributed by atoms with Gasteiger partial charge in [-0.2, -0.15) is 12.1 Å². The van der Waals surface area contributed by atoms with Crippen molar-refractivity contribution in [2.75, 3.05) is 4.90 Å². The summed E-state index contributed by atoms with van der Waals surface area (Å²) in [6, 6.07) is 78.2. The predicted molar refractivity (Wildman–Crippen MR) is 324 cm³/mol. The molecule has 0 radical (unpaired) electrons. The maximum absolute atomic E-state index is 6.84. The molecular formula is C72H61N4OPt-3. The van der Waals surface area contributed by atoms with Crippen molar-refractivity contribution in [2.45, 2.75) is 78.6 Å². The fraction of sp³-hybridized carbons (Fsp3) is 0.167. The molecule has 3 aromatic heterocycles. The van der Waals surface area contributed by atoms with Gasteiger partial charge in [-0.05, 0) is 141 Å². The summed E-state index contributed by atoms with van der Waals surface area (Å²) < 4.78 is 11.5. The van der Waals surface area contributed by atoms with E-state index in [0.29, 0.717) is 11.5 Å². The van der Waals surface area contributed by atoms with E-state index in [9.17, 15) is 0 Å². The number of ether oxygens (including phenoxy) is 1. The molecule has 78 heavy (non-hydrogen) atoms. The van der Waals surface area contributed by atoms with E-state index in [1.807, 2.05) is 18.3 Å². The number of benzene rings is 9. The first kappa shape index (κ1) is 50.7. The van der Waals surface area contributed by atoms with Gasteiger partial charge in [-0.25, -0.2) is 4.98 Å². The van der Waals surface area contributed by atoms with Gasteiger partial charge in [0, 0.05) is 50.0 Å². The van der Waals surface area contributed by atoms with Crippen molar-refractivity contribution in [3.05, 3.63) is 236 Å². The molecule has 6 heteroatoms. The number of hydrogen-bond acceptors (Lipinski definition) is 3. The normalized spacial score (nSPS) is 12.7. The molecule has 0 atom stereocenters. The van der Waals surface area contributed by atoms with E-state index in [-0.39, 0.29) is 37.3 Å². The van der Waals surface area contributed by atoms with Gasteiger partial charge in [-0.1, -0.05) is 207 Å². The van der Waals surface area contributed by atoms with Crippen LogP contribution in [0.15, 0.2) is 200 Å². The second kappa shape index (κ2) is 19.1. The maximum Gasteiger partial charge on any atom is 0.135 e. The smallest absolute Gasteiger partial charge is 0.135 e. The van der Waals surface area contributed by atoms with E-state index in [2.05, 4.69) is 277 Å². The third-order valence-corrected chi connectivity index (χ3v) is 15.6. The summed E-state index contributed by atoms with van der Waals surface area (Å²) in [4.78, 5) is 7.20. The Morgan fingerprint density at radius 1 is 0.436 bits per heavy atom. The second-order valence-corrected chi connectivity index (χ2v) is 23.8. The van der Waals surface area contributed by atoms with Gasteiger partial charge < -0.3 is 18.8 Å². The van der Waals surface area contributed by atoms with Gasteiger partial charge in [0.15, 0.2) is 0 Å². The van der Waals surface area contributed by atoms with Gasteiger partial charge in [0.25, 0.3) is 0 Å². The average molecular weight is 1190 g/mol. The van der Waals surface area contributed by atoms with Crippen LogP contribution in [0, 0.1) is 18.8 Å². The van der Waals surface area contributed by atoms with Crippen molar-refractivity contribution in [1.29, 1.82) is 0 Å². The largest absolute Gasteiger partial charge is 0.509 e. The van der Waals surface area contributed by atoms with E-state index in [0.717, 1.165) is 71.9 Å². The molecule has 0 amide bonds. The zero-order valence-corrected chi connectivity index (χ0v) is 47.9. The van der Waals surface area contributed by atoms with E-state index in [1.54, 1.807) is 0 Å². The van der Waals surface area contributed by atoms with Crippen molar-refractivity contribution in [3.8, 4) is 39.6 Å². The number of hydrogen-bond donors (Lipinski definition) is 0. The Labute approximate surface area is 472 Å². The van der Waals surface area contributed by atoms with Crippen LogP contribution < -0.4 is 9.64 Å². The Bertz CT molecular complexity index is 4410. The van der Waals surface area contributed by atoms with E-state index in [4.69, 9.17) is 9.72 Å². The standard InChI is InChI=1S/C72H61N4O.Pt/c1-70(2,3)49-32-34-58-56-24-13-14-25-57(56)61-28-18-27-55(48-38-47(46-20-11-10-12-21-46)39-51(40-48)72(7,8)9)68(61)75-45-74(65-31-19-29-62(69(65)75)63(58)41-49)52-22-17-23-53(43-52)77-54-33-35-60-59-26-15-16-30-64(59)76(66(60)44-54)67-42-50(36-37-73-67)71(4,5)6;/h10-42,45H,1-9H3;/q-3;. The van der Waals surface area contributed by atoms with Crippen LogP contribution in [-0.4, -0.2) is 14.1 Å². The summed E-state index contributed by atoms with van der Waals surface area (Å²) >= 11 is 0. The Balaban J connectivity index is 0.00000609. The summed E-state index contributed by atoms with van der Waals surface area (Å²) in [5.41, 5.74) is 14.3. The van der Waals surface area contributed by atoms with Crippen LogP contribution in [-0.2, 0) is 37.3 Å². The number of anilines is 2. The molecule has 9 aromatic carbocycles. The van der Waals surface area contributed by atoms with Crippen molar-refractivity contribution < 1.29 is 25.8 Å². The van der Waals surface area contributed by atoms with Gasteiger partial charge in [0.1, 0.15) is 5.82 Å². The SMILES string of the molecule is CC(C)(C)c1cc(-c2ccccc2)cc(-c2cccc3c4ccccc4c4ccc(C(C)(C)C)cc4c4cccc5c4n(c23)[CH-]N5c2[c-]c(Oc3[c-]c4c(cc3)c3ccccc3n4-c3cc(C(C)(C)C)ccn3)ccc2)c1.[Pt]. The van der Waals surface area contributed by atoms with Crippen molar-refractivity contribution in [3.63, 3.8) is 0 Å². The van der Waals surface area contributed by atoms with Crippen LogP contribution in [0.5, 0.6) is 11.5 Å². The monoisotopic (exact) mass is 1190 g/mol. The number of para-hydroxylation sites is 3.